The number of likely N-dealkylation sites (tertiary alicyclic amines) is 1. The lowest BCUT2D eigenvalue weighted by Gasteiger charge is -2.15. The lowest BCUT2D eigenvalue weighted by molar-refractivity contribution is 0.0115. The number of nitrogens with one attached hydrogen (secondary N) is 2. The average molecular weight is 527 g/mol. The second-order valence-electron chi connectivity index (χ2n) is 9.68. The van der Waals surface area contributed by atoms with Gasteiger partial charge in [-0.15, -0.1) is 0 Å². The van der Waals surface area contributed by atoms with Crippen LogP contribution in [0.3, 0.4) is 0 Å². The zero-order valence-electron chi connectivity index (χ0n) is 20.5. The van der Waals surface area contributed by atoms with Crippen LogP contribution in [-0.4, -0.2) is 59.0 Å². The molecule has 0 saturated carbocycles. The highest BCUT2D eigenvalue weighted by molar-refractivity contribution is 5.95. The summed E-state index contributed by atoms with van der Waals surface area (Å²) in [4.78, 5) is 23.2. The second kappa shape index (κ2) is 8.98. The van der Waals surface area contributed by atoms with Crippen molar-refractivity contribution >= 4 is 22.2 Å². The van der Waals surface area contributed by atoms with Crippen LogP contribution in [0.25, 0.3) is 56.1 Å². The molecule has 0 aliphatic carbocycles. The third-order valence-electron chi connectivity index (χ3n) is 6.93. The van der Waals surface area contributed by atoms with Crippen LogP contribution >= 0.6 is 0 Å². The van der Waals surface area contributed by atoms with Crippen molar-refractivity contribution in [2.24, 2.45) is 0 Å². The molecular formula is C28H21F3N8. The van der Waals surface area contributed by atoms with Crippen LogP contribution in [0.1, 0.15) is 12.0 Å². The predicted molar refractivity (Wildman–Crippen MR) is 140 cm³/mol. The summed E-state index contributed by atoms with van der Waals surface area (Å²) in [5.74, 6) is -2.54. The van der Waals surface area contributed by atoms with Crippen LogP contribution in [0.4, 0.5) is 13.2 Å². The number of nitrogens with zero attached hydrogens (tertiary/aromatic N) is 6. The third-order valence-corrected chi connectivity index (χ3v) is 6.93. The van der Waals surface area contributed by atoms with Gasteiger partial charge in [-0.1, -0.05) is 18.2 Å². The zero-order chi connectivity index (χ0) is 26.6. The molecular weight excluding hydrogens is 505 g/mol. The summed E-state index contributed by atoms with van der Waals surface area (Å²) in [5.41, 5.74) is 6.12. The molecule has 8 nitrogen and oxygen atoms in total. The van der Waals surface area contributed by atoms with Gasteiger partial charge in [-0.25, -0.2) is 28.1 Å². The van der Waals surface area contributed by atoms with Crippen LogP contribution in [0.15, 0.2) is 67.1 Å². The van der Waals surface area contributed by atoms with Gasteiger partial charge in [0.15, 0.2) is 17.2 Å². The van der Waals surface area contributed by atoms with Gasteiger partial charge in [-0.3, -0.25) is 15.0 Å². The number of halogens is 3. The van der Waals surface area contributed by atoms with E-state index in [1.54, 1.807) is 47.8 Å². The molecule has 194 valence electrons. The van der Waals surface area contributed by atoms with Gasteiger partial charge in [0.2, 0.25) is 0 Å². The fourth-order valence-electron chi connectivity index (χ4n) is 5.06. The van der Waals surface area contributed by atoms with E-state index in [2.05, 4.69) is 25.1 Å². The Morgan fingerprint density at radius 1 is 0.974 bits per heavy atom. The molecule has 0 spiro atoms. The van der Waals surface area contributed by atoms with E-state index in [1.165, 1.54) is 6.07 Å². The molecule has 1 aromatic carbocycles. The summed E-state index contributed by atoms with van der Waals surface area (Å²) in [7, 11) is 0. The molecule has 1 aliphatic rings. The van der Waals surface area contributed by atoms with Crippen LogP contribution in [-0.2, 0) is 6.54 Å². The maximum absolute atomic E-state index is 14.5. The van der Waals surface area contributed by atoms with Crippen molar-refractivity contribution in [1.82, 2.24) is 40.0 Å². The van der Waals surface area contributed by atoms with Crippen molar-refractivity contribution in [3.63, 3.8) is 0 Å². The van der Waals surface area contributed by atoms with Crippen LogP contribution in [0.2, 0.25) is 0 Å². The summed E-state index contributed by atoms with van der Waals surface area (Å²) in [6.45, 7) is 0.502. The monoisotopic (exact) mass is 526 g/mol. The zero-order valence-corrected chi connectivity index (χ0v) is 20.5. The predicted octanol–water partition coefficient (Wildman–Crippen LogP) is 5.61. The van der Waals surface area contributed by atoms with E-state index in [0.717, 1.165) is 11.1 Å². The van der Waals surface area contributed by atoms with Crippen molar-refractivity contribution < 1.29 is 13.2 Å². The van der Waals surface area contributed by atoms with Crippen LogP contribution in [0.5, 0.6) is 0 Å². The van der Waals surface area contributed by atoms with E-state index in [9.17, 15) is 13.2 Å². The molecule has 0 radical (unpaired) electrons. The van der Waals surface area contributed by atoms with Crippen molar-refractivity contribution in [1.29, 1.82) is 0 Å². The minimum absolute atomic E-state index is 0.124. The summed E-state index contributed by atoms with van der Waals surface area (Å²) in [6, 6.07) is 13.9. The molecule has 39 heavy (non-hydrogen) atoms. The first-order valence-corrected chi connectivity index (χ1v) is 12.4. The number of benzene rings is 1. The standard InChI is InChI=1S/C28H21F3N8/c29-20-4-2-1-3-18(20)19-7-9-33-26-23(19)35-27(36-26)25-24-22(37-38-25)6-5-21(34-24)17-11-16(12-32-13-17)14-39-10-8-28(30,31)15-39/h1-7,9,11-13H,8,10,14-15H2,(H,37,38)(H,33,35,36). The smallest absolute Gasteiger partial charge is 0.261 e. The summed E-state index contributed by atoms with van der Waals surface area (Å²) >= 11 is 0. The number of H-pyrrole nitrogens is 2. The van der Waals surface area contributed by atoms with Crippen molar-refractivity contribution in [2.75, 3.05) is 13.1 Å². The van der Waals surface area contributed by atoms with Gasteiger partial charge >= 0.3 is 0 Å². The Hall–Kier alpha value is -4.64. The number of imidazole rings is 1. The van der Waals surface area contributed by atoms with Gasteiger partial charge < -0.3 is 4.98 Å². The number of hydrogen-bond acceptors (Lipinski definition) is 6. The second-order valence-corrected chi connectivity index (χ2v) is 9.68. The molecule has 1 aliphatic heterocycles. The Bertz CT molecular complexity index is 1840. The highest BCUT2D eigenvalue weighted by Crippen LogP contribution is 2.32. The first-order chi connectivity index (χ1) is 18.9. The molecule has 11 heteroatoms. The van der Waals surface area contributed by atoms with E-state index in [4.69, 9.17) is 9.97 Å². The minimum atomic E-state index is -2.64. The Kier molecular flexibility index (Phi) is 5.41. The number of rotatable bonds is 5. The van der Waals surface area contributed by atoms with E-state index in [1.807, 2.05) is 18.2 Å². The molecule has 7 rings (SSSR count). The van der Waals surface area contributed by atoms with Gasteiger partial charge in [0.1, 0.15) is 16.9 Å². The lowest BCUT2D eigenvalue weighted by atomic mass is 10.1. The fraction of sp³-hybridized carbons (Fsp3) is 0.179. The van der Waals surface area contributed by atoms with Gasteiger partial charge in [-0.05, 0) is 35.9 Å². The Morgan fingerprint density at radius 2 is 1.87 bits per heavy atom. The third kappa shape index (κ3) is 4.30. The molecule has 1 fully saturated rings. The van der Waals surface area contributed by atoms with Gasteiger partial charge in [0.25, 0.3) is 5.92 Å². The first kappa shape index (κ1) is 23.5. The van der Waals surface area contributed by atoms with Gasteiger partial charge in [-0.2, -0.15) is 5.10 Å². The topological polar surface area (TPSA) is 99.3 Å². The molecule has 2 N–H and O–H groups in total. The average Bonchev–Trinajstić information content (AvgIpc) is 3.64. The van der Waals surface area contributed by atoms with E-state index >= 15 is 0 Å². The van der Waals surface area contributed by atoms with Crippen LogP contribution in [0, 0.1) is 5.82 Å². The highest BCUT2D eigenvalue weighted by atomic mass is 19.3. The number of fused-ring (bicyclic) bond motifs is 2. The first-order valence-electron chi connectivity index (χ1n) is 12.4. The molecule has 0 atom stereocenters. The van der Waals surface area contributed by atoms with E-state index < -0.39 is 5.92 Å². The van der Waals surface area contributed by atoms with Crippen molar-refractivity contribution in [2.45, 2.75) is 18.9 Å². The van der Waals surface area contributed by atoms with Crippen molar-refractivity contribution in [3.05, 3.63) is 78.5 Å². The lowest BCUT2D eigenvalue weighted by Crippen LogP contribution is -2.24. The fourth-order valence-corrected chi connectivity index (χ4v) is 5.06. The molecule has 0 amide bonds. The highest BCUT2D eigenvalue weighted by Gasteiger charge is 2.37. The minimum Gasteiger partial charge on any atom is -0.321 e. The Labute approximate surface area is 220 Å². The Morgan fingerprint density at radius 3 is 2.72 bits per heavy atom. The van der Waals surface area contributed by atoms with E-state index in [0.29, 0.717) is 63.6 Å². The quantitative estimate of drug-likeness (QED) is 0.303. The van der Waals surface area contributed by atoms with Gasteiger partial charge in [0.05, 0.1) is 17.8 Å². The van der Waals surface area contributed by atoms with Gasteiger partial charge in [0, 0.05) is 54.8 Å². The number of alkyl halides is 2. The largest absolute Gasteiger partial charge is 0.321 e. The van der Waals surface area contributed by atoms with E-state index in [-0.39, 0.29) is 18.8 Å². The number of aromatic amines is 2. The maximum atomic E-state index is 14.5. The Balaban J connectivity index is 1.25. The molecule has 0 unspecified atom stereocenters. The number of hydrogen-bond donors (Lipinski definition) is 2. The molecule has 1 saturated heterocycles. The molecule has 6 aromatic rings. The number of pyridine rings is 3. The molecule has 0 bridgehead atoms. The molecule has 5 aromatic heterocycles. The summed E-state index contributed by atoms with van der Waals surface area (Å²) in [6.07, 6.45) is 4.87. The van der Waals surface area contributed by atoms with Crippen LogP contribution < -0.4 is 0 Å². The van der Waals surface area contributed by atoms with Crippen molar-refractivity contribution in [3.8, 4) is 33.9 Å². The maximum Gasteiger partial charge on any atom is 0.261 e. The SMILES string of the molecule is Fc1ccccc1-c1ccnc2[nH]c(-c3n[nH]c4ccc(-c5cncc(CN6CCC(F)(F)C6)c5)nc34)nc12. The summed E-state index contributed by atoms with van der Waals surface area (Å²) < 4.78 is 41.8. The summed E-state index contributed by atoms with van der Waals surface area (Å²) in [5, 5.41) is 7.42. The normalized spacial score (nSPS) is 15.5. The molecule has 6 heterocycles. The number of aromatic nitrogens is 7.